The van der Waals surface area contributed by atoms with Gasteiger partial charge < -0.3 is 14.6 Å². The van der Waals surface area contributed by atoms with Crippen LogP contribution in [0.4, 0.5) is 0 Å². The summed E-state index contributed by atoms with van der Waals surface area (Å²) in [6.45, 7) is 3.79. The molecule has 0 unspecified atom stereocenters. The highest BCUT2D eigenvalue weighted by Gasteiger charge is 2.12. The highest BCUT2D eigenvalue weighted by molar-refractivity contribution is 5.43. The lowest BCUT2D eigenvalue weighted by Gasteiger charge is -2.13. The first-order valence-electron chi connectivity index (χ1n) is 6.43. The van der Waals surface area contributed by atoms with Gasteiger partial charge in [0.05, 0.1) is 19.9 Å². The molecule has 0 aliphatic rings. The first-order valence-corrected chi connectivity index (χ1v) is 6.43. The highest BCUT2D eigenvalue weighted by atomic mass is 16.5. The van der Waals surface area contributed by atoms with E-state index in [0.717, 1.165) is 0 Å². The molecule has 2 aromatic rings. The van der Waals surface area contributed by atoms with Crippen LogP contribution >= 0.6 is 0 Å². The minimum absolute atomic E-state index is 0.195. The van der Waals surface area contributed by atoms with Crippen LogP contribution in [0.2, 0.25) is 0 Å². The first-order chi connectivity index (χ1) is 9.65. The summed E-state index contributed by atoms with van der Waals surface area (Å²) in [4.78, 5) is 8.57. The standard InChI is InChI=1S/C15H18N2O3/c1-10(2)15-16-8-14(11(9-18)17-15)20-13-7-5-4-6-12(13)19-3/h4-8,10,18H,9H2,1-3H3. The maximum Gasteiger partial charge on any atom is 0.169 e. The van der Waals surface area contributed by atoms with E-state index in [2.05, 4.69) is 9.97 Å². The Morgan fingerprint density at radius 3 is 2.45 bits per heavy atom. The Balaban J connectivity index is 2.33. The van der Waals surface area contributed by atoms with Crippen LogP contribution in [0.25, 0.3) is 0 Å². The number of rotatable bonds is 5. The fourth-order valence-electron chi connectivity index (χ4n) is 1.72. The van der Waals surface area contributed by atoms with Gasteiger partial charge in [-0.2, -0.15) is 0 Å². The minimum atomic E-state index is -0.202. The summed E-state index contributed by atoms with van der Waals surface area (Å²) in [7, 11) is 1.58. The van der Waals surface area contributed by atoms with Gasteiger partial charge in [0, 0.05) is 5.92 Å². The summed E-state index contributed by atoms with van der Waals surface area (Å²) >= 11 is 0. The van der Waals surface area contributed by atoms with Crippen molar-refractivity contribution < 1.29 is 14.6 Å². The molecule has 0 spiro atoms. The quantitative estimate of drug-likeness (QED) is 0.908. The predicted octanol–water partition coefficient (Wildman–Crippen LogP) is 2.89. The van der Waals surface area contributed by atoms with Crippen molar-refractivity contribution in [3.05, 3.63) is 42.0 Å². The van der Waals surface area contributed by atoms with E-state index in [0.29, 0.717) is 28.8 Å². The maximum atomic E-state index is 9.43. The lowest BCUT2D eigenvalue weighted by Crippen LogP contribution is -2.04. The average molecular weight is 274 g/mol. The van der Waals surface area contributed by atoms with E-state index in [4.69, 9.17) is 9.47 Å². The van der Waals surface area contributed by atoms with Crippen molar-refractivity contribution in [2.75, 3.05) is 7.11 Å². The molecule has 0 amide bonds. The summed E-state index contributed by atoms with van der Waals surface area (Å²) in [6.07, 6.45) is 1.58. The Labute approximate surface area is 118 Å². The lowest BCUT2D eigenvalue weighted by molar-refractivity contribution is 0.269. The van der Waals surface area contributed by atoms with Gasteiger partial charge in [0.25, 0.3) is 0 Å². The molecule has 0 saturated heterocycles. The normalized spacial score (nSPS) is 10.7. The van der Waals surface area contributed by atoms with Crippen molar-refractivity contribution in [2.24, 2.45) is 0 Å². The van der Waals surface area contributed by atoms with Gasteiger partial charge in [-0.25, -0.2) is 9.97 Å². The minimum Gasteiger partial charge on any atom is -0.493 e. The van der Waals surface area contributed by atoms with Crippen molar-refractivity contribution in [1.82, 2.24) is 9.97 Å². The monoisotopic (exact) mass is 274 g/mol. The number of para-hydroxylation sites is 2. The molecule has 0 atom stereocenters. The third-order valence-electron chi connectivity index (χ3n) is 2.80. The van der Waals surface area contributed by atoms with Gasteiger partial charge in [-0.05, 0) is 12.1 Å². The molecule has 1 aromatic carbocycles. The predicted molar refractivity (Wildman–Crippen MR) is 75.1 cm³/mol. The number of methoxy groups -OCH3 is 1. The molecule has 0 aliphatic carbocycles. The van der Waals surface area contributed by atoms with E-state index in [9.17, 15) is 5.11 Å². The topological polar surface area (TPSA) is 64.5 Å². The second kappa shape index (κ2) is 6.34. The van der Waals surface area contributed by atoms with Gasteiger partial charge in [-0.3, -0.25) is 0 Å². The third kappa shape index (κ3) is 3.05. The summed E-state index contributed by atoms with van der Waals surface area (Å²) < 4.78 is 11.0. The molecule has 0 saturated carbocycles. The van der Waals surface area contributed by atoms with Gasteiger partial charge >= 0.3 is 0 Å². The molecule has 20 heavy (non-hydrogen) atoms. The molecule has 0 radical (unpaired) electrons. The van der Waals surface area contributed by atoms with Crippen molar-refractivity contribution in [1.29, 1.82) is 0 Å². The highest BCUT2D eigenvalue weighted by Crippen LogP contribution is 2.32. The van der Waals surface area contributed by atoms with Gasteiger partial charge in [0.15, 0.2) is 17.2 Å². The van der Waals surface area contributed by atoms with Crippen LogP contribution in [-0.2, 0) is 6.61 Å². The third-order valence-corrected chi connectivity index (χ3v) is 2.80. The first kappa shape index (κ1) is 14.3. The van der Waals surface area contributed by atoms with E-state index < -0.39 is 0 Å². The molecule has 0 fully saturated rings. The number of ether oxygens (including phenoxy) is 2. The zero-order valence-electron chi connectivity index (χ0n) is 11.8. The van der Waals surface area contributed by atoms with E-state index in [1.165, 1.54) is 0 Å². The van der Waals surface area contributed by atoms with Gasteiger partial charge in [0.1, 0.15) is 11.5 Å². The summed E-state index contributed by atoms with van der Waals surface area (Å²) in [5.41, 5.74) is 0.467. The van der Waals surface area contributed by atoms with Crippen molar-refractivity contribution in [3.63, 3.8) is 0 Å². The molecule has 1 heterocycles. The van der Waals surface area contributed by atoms with Crippen molar-refractivity contribution in [3.8, 4) is 17.2 Å². The van der Waals surface area contributed by atoms with Crippen LogP contribution in [0.15, 0.2) is 30.5 Å². The molecule has 106 valence electrons. The number of hydrogen-bond acceptors (Lipinski definition) is 5. The largest absolute Gasteiger partial charge is 0.493 e. The Bertz CT molecular complexity index is 585. The van der Waals surface area contributed by atoms with Gasteiger partial charge in [-0.15, -0.1) is 0 Å². The molecule has 0 bridgehead atoms. The second-order valence-corrected chi connectivity index (χ2v) is 4.60. The molecule has 2 rings (SSSR count). The smallest absolute Gasteiger partial charge is 0.169 e. The number of aromatic nitrogens is 2. The molecule has 5 nitrogen and oxygen atoms in total. The maximum absolute atomic E-state index is 9.43. The summed E-state index contributed by atoms with van der Waals surface area (Å²) in [6, 6.07) is 7.30. The van der Waals surface area contributed by atoms with Crippen molar-refractivity contribution >= 4 is 0 Å². The van der Waals surface area contributed by atoms with Crippen LogP contribution in [-0.4, -0.2) is 22.2 Å². The van der Waals surface area contributed by atoms with Crippen LogP contribution in [0.5, 0.6) is 17.2 Å². The van der Waals surface area contributed by atoms with Gasteiger partial charge in [-0.1, -0.05) is 26.0 Å². The Morgan fingerprint density at radius 1 is 1.15 bits per heavy atom. The van der Waals surface area contributed by atoms with E-state index in [1.807, 2.05) is 26.0 Å². The zero-order valence-corrected chi connectivity index (χ0v) is 11.8. The van der Waals surface area contributed by atoms with E-state index in [-0.39, 0.29) is 12.5 Å². The number of aliphatic hydroxyl groups is 1. The van der Waals surface area contributed by atoms with Crippen LogP contribution in [0, 0.1) is 0 Å². The van der Waals surface area contributed by atoms with Crippen LogP contribution in [0.1, 0.15) is 31.3 Å². The van der Waals surface area contributed by atoms with Crippen LogP contribution in [0.3, 0.4) is 0 Å². The Kier molecular flexibility index (Phi) is 4.53. The Hall–Kier alpha value is -2.14. The number of hydrogen-bond donors (Lipinski definition) is 1. The second-order valence-electron chi connectivity index (χ2n) is 4.60. The summed E-state index contributed by atoms with van der Waals surface area (Å²) in [5.74, 6) is 2.48. The summed E-state index contributed by atoms with van der Waals surface area (Å²) in [5, 5.41) is 9.43. The van der Waals surface area contributed by atoms with E-state index >= 15 is 0 Å². The fraction of sp³-hybridized carbons (Fsp3) is 0.333. The van der Waals surface area contributed by atoms with Gasteiger partial charge in [0.2, 0.25) is 0 Å². The fourth-order valence-corrected chi connectivity index (χ4v) is 1.72. The molecule has 0 aliphatic heterocycles. The molecule has 5 heteroatoms. The number of aliphatic hydroxyl groups excluding tert-OH is 1. The Morgan fingerprint density at radius 2 is 1.85 bits per heavy atom. The van der Waals surface area contributed by atoms with Crippen LogP contribution < -0.4 is 9.47 Å². The molecule has 1 aromatic heterocycles. The molecular formula is C15H18N2O3. The average Bonchev–Trinajstić information content (AvgIpc) is 2.48. The molecule has 1 N–H and O–H groups in total. The molecular weight excluding hydrogens is 256 g/mol. The zero-order chi connectivity index (χ0) is 14.5. The lowest BCUT2D eigenvalue weighted by atomic mass is 10.2. The van der Waals surface area contributed by atoms with Crippen molar-refractivity contribution in [2.45, 2.75) is 26.4 Å². The SMILES string of the molecule is COc1ccccc1Oc1cnc(C(C)C)nc1CO. The van der Waals surface area contributed by atoms with E-state index in [1.54, 1.807) is 25.4 Å². The number of nitrogens with zero attached hydrogens (tertiary/aromatic N) is 2. The number of benzene rings is 1.